The van der Waals surface area contributed by atoms with Crippen LogP contribution in [0.2, 0.25) is 5.02 Å². The lowest BCUT2D eigenvalue weighted by Gasteiger charge is -2.21. The van der Waals surface area contributed by atoms with Crippen LogP contribution in [0.1, 0.15) is 17.3 Å². The molecule has 24 heavy (non-hydrogen) atoms. The summed E-state index contributed by atoms with van der Waals surface area (Å²) >= 11 is 5.97. The number of methoxy groups -OCH3 is 1. The van der Waals surface area contributed by atoms with E-state index in [0.29, 0.717) is 35.1 Å². The van der Waals surface area contributed by atoms with Gasteiger partial charge in [0.05, 0.1) is 7.11 Å². The average Bonchev–Trinajstić information content (AvgIpc) is 2.58. The number of hydrogen-bond donors (Lipinski definition) is 1. The van der Waals surface area contributed by atoms with Gasteiger partial charge >= 0.3 is 0 Å². The van der Waals surface area contributed by atoms with Gasteiger partial charge in [0, 0.05) is 36.3 Å². The molecule has 126 valence electrons. The quantitative estimate of drug-likeness (QED) is 0.874. The summed E-state index contributed by atoms with van der Waals surface area (Å²) in [4.78, 5) is 25.6. The van der Waals surface area contributed by atoms with E-state index < -0.39 is 0 Å². The van der Waals surface area contributed by atoms with Crippen LogP contribution in [-0.2, 0) is 4.79 Å². The molecule has 6 heteroatoms. The molecule has 5 nitrogen and oxygen atoms in total. The van der Waals surface area contributed by atoms with Gasteiger partial charge in [0.1, 0.15) is 5.75 Å². The minimum absolute atomic E-state index is 0.118. The molecule has 2 aromatic rings. The summed E-state index contributed by atoms with van der Waals surface area (Å²) in [5, 5.41) is 3.35. The maximum Gasteiger partial charge on any atom is 0.251 e. The van der Waals surface area contributed by atoms with Gasteiger partial charge in [-0.2, -0.15) is 0 Å². The Labute approximate surface area is 146 Å². The van der Waals surface area contributed by atoms with Crippen LogP contribution in [-0.4, -0.2) is 32.0 Å². The van der Waals surface area contributed by atoms with Crippen molar-refractivity contribution in [3.63, 3.8) is 0 Å². The first-order valence-electron chi connectivity index (χ1n) is 7.47. The number of nitrogens with one attached hydrogen (secondary N) is 1. The predicted octanol–water partition coefficient (Wildman–Crippen LogP) is 3.13. The molecule has 0 unspecified atom stereocenters. The number of carbonyl (C=O) groups excluding carboxylic acids is 2. The molecule has 0 aliphatic rings. The Morgan fingerprint density at radius 2 is 1.92 bits per heavy atom. The van der Waals surface area contributed by atoms with E-state index in [9.17, 15) is 9.59 Å². The number of amides is 2. The van der Waals surface area contributed by atoms with E-state index in [1.807, 2.05) is 0 Å². The second-order valence-corrected chi connectivity index (χ2v) is 5.57. The molecule has 0 heterocycles. The van der Waals surface area contributed by atoms with E-state index in [1.165, 1.54) is 6.92 Å². The molecule has 0 fully saturated rings. The minimum Gasteiger partial charge on any atom is -0.497 e. The summed E-state index contributed by atoms with van der Waals surface area (Å²) in [7, 11) is 1.55. The van der Waals surface area contributed by atoms with Gasteiger partial charge in [-0.1, -0.05) is 23.7 Å². The van der Waals surface area contributed by atoms with Crippen molar-refractivity contribution in [1.29, 1.82) is 0 Å². The van der Waals surface area contributed by atoms with Crippen LogP contribution in [0.3, 0.4) is 0 Å². The number of carbonyl (C=O) groups is 2. The number of hydrogen-bond acceptors (Lipinski definition) is 3. The summed E-state index contributed by atoms with van der Waals surface area (Å²) in [6.45, 7) is 2.15. The fourth-order valence-corrected chi connectivity index (χ4v) is 2.44. The van der Waals surface area contributed by atoms with Crippen LogP contribution >= 0.6 is 11.6 Å². The van der Waals surface area contributed by atoms with Crippen molar-refractivity contribution in [2.75, 3.05) is 25.1 Å². The first-order chi connectivity index (χ1) is 11.5. The Balaban J connectivity index is 1.97. The third-order valence-corrected chi connectivity index (χ3v) is 3.69. The highest BCUT2D eigenvalue weighted by Crippen LogP contribution is 2.19. The number of halogens is 1. The lowest BCUT2D eigenvalue weighted by molar-refractivity contribution is -0.116. The van der Waals surface area contributed by atoms with E-state index in [-0.39, 0.29) is 11.8 Å². The van der Waals surface area contributed by atoms with Crippen LogP contribution in [0, 0.1) is 0 Å². The number of benzene rings is 2. The third kappa shape index (κ3) is 4.73. The van der Waals surface area contributed by atoms with Gasteiger partial charge in [0.2, 0.25) is 5.91 Å². The molecular formula is C18H19ClN2O3. The molecule has 0 spiro atoms. The van der Waals surface area contributed by atoms with Crippen molar-refractivity contribution >= 4 is 29.1 Å². The van der Waals surface area contributed by atoms with Gasteiger partial charge in [-0.3, -0.25) is 9.59 Å². The van der Waals surface area contributed by atoms with Crippen molar-refractivity contribution < 1.29 is 14.3 Å². The highest BCUT2D eigenvalue weighted by molar-refractivity contribution is 6.30. The topological polar surface area (TPSA) is 58.6 Å². The van der Waals surface area contributed by atoms with Crippen molar-refractivity contribution in [3.05, 3.63) is 59.1 Å². The van der Waals surface area contributed by atoms with Gasteiger partial charge in [-0.15, -0.1) is 0 Å². The molecule has 0 aliphatic carbocycles. The molecule has 1 N–H and O–H groups in total. The zero-order chi connectivity index (χ0) is 17.5. The first kappa shape index (κ1) is 17.8. The summed E-state index contributed by atoms with van der Waals surface area (Å²) in [6.07, 6.45) is 0. The highest BCUT2D eigenvalue weighted by atomic mass is 35.5. The van der Waals surface area contributed by atoms with E-state index in [2.05, 4.69) is 5.32 Å². The summed E-state index contributed by atoms with van der Waals surface area (Å²) in [5.41, 5.74) is 1.21. The van der Waals surface area contributed by atoms with Crippen LogP contribution in [0.4, 0.5) is 5.69 Å². The molecule has 0 bridgehead atoms. The Bertz CT molecular complexity index is 734. The van der Waals surface area contributed by atoms with Gasteiger partial charge in [0.25, 0.3) is 5.91 Å². The molecule has 0 saturated heterocycles. The largest absolute Gasteiger partial charge is 0.497 e. The van der Waals surface area contributed by atoms with E-state index in [4.69, 9.17) is 16.3 Å². The predicted molar refractivity (Wildman–Crippen MR) is 94.8 cm³/mol. The molecule has 0 aliphatic heterocycles. The molecule has 0 atom stereocenters. The Hall–Kier alpha value is -2.53. The molecule has 0 radical (unpaired) electrons. The zero-order valence-electron chi connectivity index (χ0n) is 13.6. The van der Waals surface area contributed by atoms with Crippen molar-refractivity contribution in [1.82, 2.24) is 5.32 Å². The second kappa shape index (κ2) is 8.36. The smallest absolute Gasteiger partial charge is 0.251 e. The standard InChI is InChI=1S/C18H19ClN2O3/c1-13(22)21(16-7-4-6-15(19)12-16)10-9-20-18(23)14-5-3-8-17(11-14)24-2/h3-8,11-12H,9-10H2,1-2H3,(H,20,23). The van der Waals surface area contributed by atoms with Gasteiger partial charge < -0.3 is 15.0 Å². The number of nitrogens with zero attached hydrogens (tertiary/aromatic N) is 1. The monoisotopic (exact) mass is 346 g/mol. The lowest BCUT2D eigenvalue weighted by Crippen LogP contribution is -2.37. The first-order valence-corrected chi connectivity index (χ1v) is 7.85. The molecule has 2 rings (SSSR count). The average molecular weight is 347 g/mol. The molecule has 2 aromatic carbocycles. The Kier molecular flexibility index (Phi) is 6.21. The maximum atomic E-state index is 12.2. The molecular weight excluding hydrogens is 328 g/mol. The molecule has 0 saturated carbocycles. The Morgan fingerprint density at radius 1 is 1.17 bits per heavy atom. The number of rotatable bonds is 6. The normalized spacial score (nSPS) is 10.1. The van der Waals surface area contributed by atoms with Crippen LogP contribution in [0.15, 0.2) is 48.5 Å². The second-order valence-electron chi connectivity index (χ2n) is 5.14. The summed E-state index contributed by atoms with van der Waals surface area (Å²) in [5.74, 6) is 0.281. The maximum absolute atomic E-state index is 12.2. The third-order valence-electron chi connectivity index (χ3n) is 3.45. The molecule has 2 amide bonds. The zero-order valence-corrected chi connectivity index (χ0v) is 14.3. The number of ether oxygens (including phenoxy) is 1. The van der Waals surface area contributed by atoms with Crippen LogP contribution < -0.4 is 15.0 Å². The lowest BCUT2D eigenvalue weighted by atomic mass is 10.2. The fraction of sp³-hybridized carbons (Fsp3) is 0.222. The van der Waals surface area contributed by atoms with Crippen LogP contribution in [0.5, 0.6) is 5.75 Å². The van der Waals surface area contributed by atoms with Crippen molar-refractivity contribution in [2.45, 2.75) is 6.92 Å². The van der Waals surface area contributed by atoms with E-state index in [1.54, 1.807) is 60.5 Å². The van der Waals surface area contributed by atoms with Gasteiger partial charge in [-0.05, 0) is 36.4 Å². The van der Waals surface area contributed by atoms with Gasteiger partial charge in [0.15, 0.2) is 0 Å². The van der Waals surface area contributed by atoms with Crippen molar-refractivity contribution in [2.24, 2.45) is 0 Å². The van der Waals surface area contributed by atoms with E-state index in [0.717, 1.165) is 0 Å². The fourth-order valence-electron chi connectivity index (χ4n) is 2.26. The van der Waals surface area contributed by atoms with Crippen LogP contribution in [0.25, 0.3) is 0 Å². The minimum atomic E-state index is -0.219. The van der Waals surface area contributed by atoms with E-state index >= 15 is 0 Å². The summed E-state index contributed by atoms with van der Waals surface area (Å²) < 4.78 is 5.10. The highest BCUT2D eigenvalue weighted by Gasteiger charge is 2.13. The summed E-state index contributed by atoms with van der Waals surface area (Å²) in [6, 6.07) is 13.9. The SMILES string of the molecule is COc1cccc(C(=O)NCCN(C(C)=O)c2cccc(Cl)c2)c1. The Morgan fingerprint density at radius 3 is 2.58 bits per heavy atom. The van der Waals surface area contributed by atoms with Gasteiger partial charge in [-0.25, -0.2) is 0 Å². The number of anilines is 1. The molecule has 0 aromatic heterocycles. The van der Waals surface area contributed by atoms with Crippen molar-refractivity contribution in [3.8, 4) is 5.75 Å².